The Labute approximate surface area is 138 Å². The summed E-state index contributed by atoms with van der Waals surface area (Å²) in [5.41, 5.74) is 0. The van der Waals surface area contributed by atoms with Crippen molar-refractivity contribution < 1.29 is 38.1 Å². The van der Waals surface area contributed by atoms with E-state index in [2.05, 4.69) is 18.9 Å². The van der Waals surface area contributed by atoms with Gasteiger partial charge in [0.2, 0.25) is 0 Å². The maximum Gasteiger partial charge on any atom is 0.412 e. The first kappa shape index (κ1) is 19.1. The summed E-state index contributed by atoms with van der Waals surface area (Å²) < 4.78 is 18.5. The molecule has 1 saturated heterocycles. The fraction of sp³-hybridized carbons (Fsp3) is 0.667. The van der Waals surface area contributed by atoms with Crippen LogP contribution in [0.5, 0.6) is 0 Å². The number of methoxy groups -OCH3 is 4. The second-order valence-electron chi connectivity index (χ2n) is 4.61. The molecule has 12 nitrogen and oxygen atoms in total. The first-order valence-corrected chi connectivity index (χ1v) is 6.69. The van der Waals surface area contributed by atoms with Gasteiger partial charge in [0, 0.05) is 0 Å². The molecule has 1 rings (SSSR count). The lowest BCUT2D eigenvalue weighted by molar-refractivity contribution is -0.0137. The molecule has 0 bridgehead atoms. The summed E-state index contributed by atoms with van der Waals surface area (Å²) in [4.78, 5) is 51.7. The molecular weight excluding hydrogens is 328 g/mol. The third-order valence-corrected chi connectivity index (χ3v) is 3.10. The second-order valence-corrected chi connectivity index (χ2v) is 4.61. The molecule has 0 atom stereocenters. The van der Waals surface area contributed by atoms with Gasteiger partial charge in [-0.15, -0.1) is 0 Å². The van der Waals surface area contributed by atoms with Gasteiger partial charge in [-0.1, -0.05) is 0 Å². The number of ether oxygens (including phenoxy) is 4. The van der Waals surface area contributed by atoms with Gasteiger partial charge in [0.25, 0.3) is 0 Å². The zero-order valence-corrected chi connectivity index (χ0v) is 13.9. The second kappa shape index (κ2) is 8.64. The fourth-order valence-electron chi connectivity index (χ4n) is 1.98. The fourth-order valence-corrected chi connectivity index (χ4v) is 1.98. The monoisotopic (exact) mass is 348 g/mol. The Bertz CT molecular complexity index is 403. The molecule has 12 heteroatoms. The number of amides is 4. The number of hydrogen-bond donors (Lipinski definition) is 0. The molecule has 0 saturated carbocycles. The predicted octanol–water partition coefficient (Wildman–Crippen LogP) is 0.104. The summed E-state index contributed by atoms with van der Waals surface area (Å²) >= 11 is 0. The molecule has 1 heterocycles. The average Bonchev–Trinajstić information content (AvgIpc) is 2.59. The van der Waals surface area contributed by atoms with Crippen LogP contribution in [0.1, 0.15) is 0 Å². The van der Waals surface area contributed by atoms with Crippen LogP contribution in [0.4, 0.5) is 19.2 Å². The van der Waals surface area contributed by atoms with Crippen molar-refractivity contribution in [1.82, 2.24) is 19.6 Å². The Kier molecular flexibility index (Phi) is 6.89. The summed E-state index contributed by atoms with van der Waals surface area (Å²) in [6, 6.07) is 0. The molecule has 24 heavy (non-hydrogen) atoms. The lowest BCUT2D eigenvalue weighted by Crippen LogP contribution is -2.59. The van der Waals surface area contributed by atoms with Crippen LogP contribution in [0.25, 0.3) is 0 Å². The minimum atomic E-state index is -0.774. The minimum Gasteiger partial charge on any atom is -0.453 e. The number of rotatable bonds is 0. The van der Waals surface area contributed by atoms with E-state index in [1.165, 1.54) is 0 Å². The smallest absolute Gasteiger partial charge is 0.412 e. The Morgan fingerprint density at radius 2 is 0.667 bits per heavy atom. The Morgan fingerprint density at radius 1 is 0.500 bits per heavy atom. The molecule has 0 spiro atoms. The standard InChI is InChI=1S/C12H20N4O8/c1-21-9(17)13-5-14(10(18)22-2)7-16(12(20)24-4)8-15(6-13)11(19)23-3/h5-8H2,1-4H3. The van der Waals surface area contributed by atoms with Gasteiger partial charge < -0.3 is 18.9 Å². The van der Waals surface area contributed by atoms with Gasteiger partial charge in [-0.3, -0.25) is 19.6 Å². The van der Waals surface area contributed by atoms with Gasteiger partial charge >= 0.3 is 24.4 Å². The van der Waals surface area contributed by atoms with Gasteiger partial charge in [0.1, 0.15) is 26.7 Å². The molecule has 1 aliphatic heterocycles. The van der Waals surface area contributed by atoms with Crippen molar-refractivity contribution in [3.63, 3.8) is 0 Å². The summed E-state index contributed by atoms with van der Waals surface area (Å²) in [6.07, 6.45) is -3.10. The Balaban J connectivity index is 3.12. The van der Waals surface area contributed by atoms with Crippen LogP contribution in [0.15, 0.2) is 0 Å². The van der Waals surface area contributed by atoms with Crippen LogP contribution < -0.4 is 0 Å². The van der Waals surface area contributed by atoms with E-state index in [1.54, 1.807) is 0 Å². The molecule has 0 radical (unpaired) electrons. The van der Waals surface area contributed by atoms with Crippen LogP contribution in [-0.2, 0) is 18.9 Å². The van der Waals surface area contributed by atoms with Crippen LogP contribution in [0, 0.1) is 0 Å². The zero-order chi connectivity index (χ0) is 18.3. The van der Waals surface area contributed by atoms with Crippen molar-refractivity contribution in [2.75, 3.05) is 55.1 Å². The summed E-state index contributed by atoms with van der Waals surface area (Å²) in [5, 5.41) is 0. The van der Waals surface area contributed by atoms with Crippen LogP contribution in [-0.4, -0.2) is 99.1 Å². The molecule has 0 aromatic carbocycles. The maximum atomic E-state index is 11.9. The van der Waals surface area contributed by atoms with Gasteiger partial charge in [0.15, 0.2) is 0 Å². The molecule has 0 unspecified atom stereocenters. The predicted molar refractivity (Wildman–Crippen MR) is 76.4 cm³/mol. The molecule has 0 aliphatic carbocycles. The summed E-state index contributed by atoms with van der Waals surface area (Å²) in [6.45, 7) is -1.11. The van der Waals surface area contributed by atoms with Gasteiger partial charge in [-0.2, -0.15) is 0 Å². The largest absolute Gasteiger partial charge is 0.453 e. The van der Waals surface area contributed by atoms with E-state index in [-0.39, 0.29) is 26.7 Å². The minimum absolute atomic E-state index is 0.277. The SMILES string of the molecule is COC(=O)N1CN(C(=O)OC)CN(C(=O)OC)CN(C(=O)OC)C1. The summed E-state index contributed by atoms with van der Waals surface area (Å²) in [7, 11) is 4.64. The van der Waals surface area contributed by atoms with Gasteiger partial charge in [0.05, 0.1) is 28.4 Å². The average molecular weight is 348 g/mol. The van der Waals surface area contributed by atoms with Crippen molar-refractivity contribution in [3.05, 3.63) is 0 Å². The number of nitrogens with zero attached hydrogens (tertiary/aromatic N) is 4. The summed E-state index contributed by atoms with van der Waals surface area (Å²) in [5.74, 6) is 0. The van der Waals surface area contributed by atoms with E-state index in [9.17, 15) is 19.2 Å². The molecule has 1 aliphatic rings. The molecule has 0 N–H and O–H groups in total. The van der Waals surface area contributed by atoms with E-state index in [1.807, 2.05) is 0 Å². The van der Waals surface area contributed by atoms with E-state index in [4.69, 9.17) is 0 Å². The highest BCUT2D eigenvalue weighted by Gasteiger charge is 2.33. The maximum absolute atomic E-state index is 11.9. The number of hydrogen-bond acceptors (Lipinski definition) is 8. The first-order valence-electron chi connectivity index (χ1n) is 6.69. The van der Waals surface area contributed by atoms with Crippen LogP contribution in [0.2, 0.25) is 0 Å². The van der Waals surface area contributed by atoms with Gasteiger partial charge in [-0.05, 0) is 0 Å². The van der Waals surface area contributed by atoms with Crippen molar-refractivity contribution in [2.24, 2.45) is 0 Å². The Hall–Kier alpha value is -2.92. The normalized spacial score (nSPS) is 15.2. The van der Waals surface area contributed by atoms with Gasteiger partial charge in [-0.25, -0.2) is 19.2 Å². The van der Waals surface area contributed by atoms with Crippen molar-refractivity contribution in [1.29, 1.82) is 0 Å². The van der Waals surface area contributed by atoms with E-state index in [0.29, 0.717) is 0 Å². The highest BCUT2D eigenvalue weighted by molar-refractivity contribution is 5.74. The van der Waals surface area contributed by atoms with E-state index >= 15 is 0 Å². The third-order valence-electron chi connectivity index (χ3n) is 3.10. The lowest BCUT2D eigenvalue weighted by atomic mass is 10.5. The number of carbonyl (C=O) groups is 4. The molecule has 0 aromatic heterocycles. The third kappa shape index (κ3) is 4.54. The zero-order valence-electron chi connectivity index (χ0n) is 13.9. The van der Waals surface area contributed by atoms with Crippen molar-refractivity contribution in [3.8, 4) is 0 Å². The van der Waals surface area contributed by atoms with E-state index in [0.717, 1.165) is 48.0 Å². The highest BCUT2D eigenvalue weighted by atomic mass is 16.6. The van der Waals surface area contributed by atoms with Crippen LogP contribution >= 0.6 is 0 Å². The topological polar surface area (TPSA) is 118 Å². The highest BCUT2D eigenvalue weighted by Crippen LogP contribution is 2.11. The first-order chi connectivity index (χ1) is 11.4. The van der Waals surface area contributed by atoms with Crippen molar-refractivity contribution >= 4 is 24.4 Å². The van der Waals surface area contributed by atoms with Crippen LogP contribution in [0.3, 0.4) is 0 Å². The van der Waals surface area contributed by atoms with Crippen molar-refractivity contribution in [2.45, 2.75) is 0 Å². The molecule has 1 fully saturated rings. The molecule has 4 amide bonds. The van der Waals surface area contributed by atoms with E-state index < -0.39 is 24.4 Å². The molecule has 136 valence electrons. The quantitative estimate of drug-likeness (QED) is 0.566. The molecule has 0 aromatic rings. The molecular formula is C12H20N4O8. The Morgan fingerprint density at radius 3 is 0.792 bits per heavy atom. The number of carbonyl (C=O) groups excluding carboxylic acids is 4. The lowest BCUT2D eigenvalue weighted by Gasteiger charge is -2.39.